The molecule has 8 heavy (non-hydrogen) atoms. The number of ether oxygens (including phenoxy) is 1. The lowest BCUT2D eigenvalue weighted by atomic mass is 9.84. The Hall–Kier alpha value is -0.120. The molecule has 1 rings (SSSR count). The fourth-order valence-electron chi connectivity index (χ4n) is 0.916. The molecule has 3 atom stereocenters. The van der Waals surface area contributed by atoms with Gasteiger partial charge in [-0.25, -0.2) is 0 Å². The maximum atomic E-state index is 5.53. The first-order chi connectivity index (χ1) is 3.75. The van der Waals surface area contributed by atoms with Crippen LogP contribution in [0.4, 0.5) is 0 Å². The van der Waals surface area contributed by atoms with E-state index in [1.807, 2.05) is 0 Å². The van der Waals surface area contributed by atoms with E-state index in [0.29, 0.717) is 0 Å². The molecule has 4 N–H and O–H groups in total. The third kappa shape index (κ3) is 0.727. The number of hydrogen-bond donors (Lipinski definition) is 2. The van der Waals surface area contributed by atoms with Gasteiger partial charge in [0, 0.05) is 19.2 Å². The van der Waals surface area contributed by atoms with Crippen molar-refractivity contribution in [1.29, 1.82) is 0 Å². The summed E-state index contributed by atoms with van der Waals surface area (Å²) in [6.45, 7) is 0. The summed E-state index contributed by atoms with van der Waals surface area (Å²) in [4.78, 5) is 0. The smallest absolute Gasteiger partial charge is 0.0752 e. The van der Waals surface area contributed by atoms with E-state index in [2.05, 4.69) is 0 Å². The van der Waals surface area contributed by atoms with Crippen molar-refractivity contribution in [1.82, 2.24) is 0 Å². The molecule has 0 amide bonds. The average Bonchev–Trinajstić information content (AvgIpc) is 1.81. The van der Waals surface area contributed by atoms with Crippen molar-refractivity contribution < 1.29 is 4.74 Å². The molecule has 0 saturated heterocycles. The molecule has 0 aromatic heterocycles. The van der Waals surface area contributed by atoms with Crippen LogP contribution in [0.3, 0.4) is 0 Å². The summed E-state index contributed by atoms with van der Waals surface area (Å²) in [5.74, 6) is 0. The summed E-state index contributed by atoms with van der Waals surface area (Å²) in [5.41, 5.74) is 11.0. The first-order valence-corrected chi connectivity index (χ1v) is 2.79. The zero-order valence-electron chi connectivity index (χ0n) is 5.00. The van der Waals surface area contributed by atoms with Crippen molar-refractivity contribution in [2.75, 3.05) is 7.11 Å². The van der Waals surface area contributed by atoms with Gasteiger partial charge in [-0.05, 0) is 6.42 Å². The Morgan fingerprint density at radius 2 is 2.12 bits per heavy atom. The minimum atomic E-state index is 0.0694. The van der Waals surface area contributed by atoms with Crippen LogP contribution >= 0.6 is 0 Å². The van der Waals surface area contributed by atoms with Crippen LogP contribution in [0.2, 0.25) is 0 Å². The minimum Gasteiger partial charge on any atom is -0.380 e. The largest absolute Gasteiger partial charge is 0.380 e. The third-order valence-corrected chi connectivity index (χ3v) is 1.73. The molecule has 0 radical (unpaired) electrons. The molecule has 0 bridgehead atoms. The van der Waals surface area contributed by atoms with E-state index in [0.717, 1.165) is 6.42 Å². The molecule has 3 unspecified atom stereocenters. The van der Waals surface area contributed by atoms with E-state index in [9.17, 15) is 0 Å². The molecule has 0 aliphatic heterocycles. The molecule has 3 heteroatoms. The lowest BCUT2D eigenvalue weighted by molar-refractivity contribution is 0.00708. The van der Waals surface area contributed by atoms with Crippen molar-refractivity contribution in [2.24, 2.45) is 11.5 Å². The predicted octanol–water partition coefficient (Wildman–Crippen LogP) is -0.940. The second kappa shape index (κ2) is 2.01. The van der Waals surface area contributed by atoms with Crippen molar-refractivity contribution in [3.05, 3.63) is 0 Å². The van der Waals surface area contributed by atoms with Crippen LogP contribution in [0.25, 0.3) is 0 Å². The van der Waals surface area contributed by atoms with Crippen LogP contribution in [-0.4, -0.2) is 25.3 Å². The third-order valence-electron chi connectivity index (χ3n) is 1.73. The molecule has 1 aliphatic carbocycles. The van der Waals surface area contributed by atoms with Gasteiger partial charge in [-0.2, -0.15) is 0 Å². The standard InChI is InChI=1S/C5H12N2O/c1-8-4-2-3(6)5(4)7/h3-5H,2,6-7H2,1H3. The van der Waals surface area contributed by atoms with Crippen molar-refractivity contribution in [2.45, 2.75) is 24.6 Å². The van der Waals surface area contributed by atoms with E-state index in [-0.39, 0.29) is 18.2 Å². The fraction of sp³-hybridized carbons (Fsp3) is 1.00. The summed E-state index contributed by atoms with van der Waals surface area (Å²) < 4.78 is 4.96. The molecule has 0 heterocycles. The van der Waals surface area contributed by atoms with Crippen molar-refractivity contribution in [3.63, 3.8) is 0 Å². The highest BCUT2D eigenvalue weighted by molar-refractivity contribution is 4.96. The highest BCUT2D eigenvalue weighted by Gasteiger charge is 2.35. The number of nitrogens with two attached hydrogens (primary N) is 2. The molecular formula is C5H12N2O. The van der Waals surface area contributed by atoms with Gasteiger partial charge in [-0.1, -0.05) is 0 Å². The van der Waals surface area contributed by atoms with Crippen LogP contribution in [0.15, 0.2) is 0 Å². The zero-order valence-corrected chi connectivity index (χ0v) is 5.00. The minimum absolute atomic E-state index is 0.0694. The lowest BCUT2D eigenvalue weighted by Gasteiger charge is -2.38. The van der Waals surface area contributed by atoms with Crippen molar-refractivity contribution >= 4 is 0 Å². The summed E-state index contributed by atoms with van der Waals surface area (Å²) in [5, 5.41) is 0. The van der Waals surface area contributed by atoms with Gasteiger partial charge in [-0.15, -0.1) is 0 Å². The first-order valence-electron chi connectivity index (χ1n) is 2.79. The molecular weight excluding hydrogens is 104 g/mol. The van der Waals surface area contributed by atoms with Crippen molar-refractivity contribution in [3.8, 4) is 0 Å². The molecule has 48 valence electrons. The Kier molecular flexibility index (Phi) is 1.51. The quantitative estimate of drug-likeness (QED) is 0.465. The van der Waals surface area contributed by atoms with Gasteiger partial charge in [0.2, 0.25) is 0 Å². The molecule has 0 aromatic carbocycles. The Bertz CT molecular complexity index is 86.5. The van der Waals surface area contributed by atoms with Crippen LogP contribution < -0.4 is 11.5 Å². The van der Waals surface area contributed by atoms with Gasteiger partial charge in [0.25, 0.3) is 0 Å². The van der Waals surface area contributed by atoms with Crippen LogP contribution in [0.1, 0.15) is 6.42 Å². The van der Waals surface area contributed by atoms with Gasteiger partial charge in [0.05, 0.1) is 6.10 Å². The van der Waals surface area contributed by atoms with E-state index in [4.69, 9.17) is 16.2 Å². The van der Waals surface area contributed by atoms with Gasteiger partial charge >= 0.3 is 0 Å². The maximum absolute atomic E-state index is 5.53. The Labute approximate surface area is 49.0 Å². The Morgan fingerprint density at radius 1 is 1.50 bits per heavy atom. The number of hydrogen-bond acceptors (Lipinski definition) is 3. The van der Waals surface area contributed by atoms with E-state index < -0.39 is 0 Å². The monoisotopic (exact) mass is 116 g/mol. The van der Waals surface area contributed by atoms with E-state index in [1.54, 1.807) is 7.11 Å². The molecule has 0 spiro atoms. The summed E-state index contributed by atoms with van der Waals surface area (Å²) in [7, 11) is 1.66. The van der Waals surface area contributed by atoms with Crippen LogP contribution in [0.5, 0.6) is 0 Å². The first kappa shape index (κ1) is 6.01. The van der Waals surface area contributed by atoms with Crippen LogP contribution in [0, 0.1) is 0 Å². The number of methoxy groups -OCH3 is 1. The Morgan fingerprint density at radius 3 is 2.25 bits per heavy atom. The number of rotatable bonds is 1. The predicted molar refractivity (Wildman–Crippen MR) is 31.4 cm³/mol. The molecule has 1 aliphatic rings. The lowest BCUT2D eigenvalue weighted by Crippen LogP contribution is -2.61. The summed E-state index contributed by atoms with van der Waals surface area (Å²) in [6.07, 6.45) is 1.13. The zero-order chi connectivity index (χ0) is 6.15. The molecule has 3 nitrogen and oxygen atoms in total. The topological polar surface area (TPSA) is 61.3 Å². The second-order valence-corrected chi connectivity index (χ2v) is 2.25. The fourth-order valence-corrected chi connectivity index (χ4v) is 0.916. The SMILES string of the molecule is COC1CC(N)C1N. The summed E-state index contributed by atoms with van der Waals surface area (Å²) >= 11 is 0. The van der Waals surface area contributed by atoms with Gasteiger partial charge < -0.3 is 16.2 Å². The highest BCUT2D eigenvalue weighted by Crippen LogP contribution is 2.18. The highest BCUT2D eigenvalue weighted by atomic mass is 16.5. The summed E-state index contributed by atoms with van der Waals surface area (Å²) in [6, 6.07) is 0.236. The molecule has 1 saturated carbocycles. The molecule has 0 aromatic rings. The van der Waals surface area contributed by atoms with Gasteiger partial charge in [0.15, 0.2) is 0 Å². The van der Waals surface area contributed by atoms with Gasteiger partial charge in [-0.3, -0.25) is 0 Å². The average molecular weight is 116 g/mol. The Balaban J connectivity index is 2.25. The second-order valence-electron chi connectivity index (χ2n) is 2.25. The maximum Gasteiger partial charge on any atom is 0.0752 e. The molecule has 1 fully saturated rings. The van der Waals surface area contributed by atoms with Crippen LogP contribution in [-0.2, 0) is 4.74 Å². The van der Waals surface area contributed by atoms with E-state index >= 15 is 0 Å². The van der Waals surface area contributed by atoms with Gasteiger partial charge in [0.1, 0.15) is 0 Å². The normalized spacial score (nSPS) is 46.1. The van der Waals surface area contributed by atoms with E-state index in [1.165, 1.54) is 0 Å².